The highest BCUT2D eigenvalue weighted by Crippen LogP contribution is 2.42. The Labute approximate surface area is 164 Å². The van der Waals surface area contributed by atoms with Crippen molar-refractivity contribution in [3.63, 3.8) is 0 Å². The molecule has 1 aromatic rings. The Morgan fingerprint density at radius 1 is 1.44 bits per heavy atom. The maximum atomic E-state index is 13.2. The Balaban J connectivity index is 0.00000210. The van der Waals surface area contributed by atoms with Crippen LogP contribution in [0.5, 0.6) is 5.75 Å². The molecule has 2 atom stereocenters. The molecule has 2 N–H and O–H groups in total. The molecular weight excluding hydrogens is 394 g/mol. The molecule has 3 heterocycles. The van der Waals surface area contributed by atoms with Gasteiger partial charge in [-0.25, -0.2) is 8.42 Å². The van der Waals surface area contributed by atoms with Gasteiger partial charge in [0.1, 0.15) is 12.4 Å². The van der Waals surface area contributed by atoms with Crippen LogP contribution in [0.3, 0.4) is 0 Å². The Bertz CT molecular complexity index is 849. The minimum atomic E-state index is -3.71. The second kappa shape index (κ2) is 7.21. The van der Waals surface area contributed by atoms with Crippen molar-refractivity contribution in [2.24, 2.45) is 11.3 Å². The average molecular weight is 418 g/mol. The topological polar surface area (TPSA) is 99.2 Å². The van der Waals surface area contributed by atoms with Crippen molar-refractivity contribution in [1.82, 2.24) is 9.62 Å². The molecular formula is C17H24ClN3O5S. The van der Waals surface area contributed by atoms with Crippen LogP contribution in [0.4, 0.5) is 5.69 Å². The summed E-state index contributed by atoms with van der Waals surface area (Å²) >= 11 is 0. The zero-order chi connectivity index (χ0) is 18.5. The SMILES string of the molecule is CC(=O)N1CCOc2ccc(S(=O)(=O)N3CC4CNCC4(CO)C3)cc21.Cl. The molecule has 2 saturated heterocycles. The Morgan fingerprint density at radius 2 is 2.22 bits per heavy atom. The van der Waals surface area contributed by atoms with E-state index in [0.717, 1.165) is 0 Å². The smallest absolute Gasteiger partial charge is 0.243 e. The van der Waals surface area contributed by atoms with Crippen LogP contribution in [0.25, 0.3) is 0 Å². The highest BCUT2D eigenvalue weighted by Gasteiger charge is 2.52. The molecule has 150 valence electrons. The van der Waals surface area contributed by atoms with Crippen LogP contribution in [0.1, 0.15) is 6.92 Å². The van der Waals surface area contributed by atoms with Crippen molar-refractivity contribution in [3.8, 4) is 5.75 Å². The summed E-state index contributed by atoms with van der Waals surface area (Å²) in [6.45, 7) is 4.23. The van der Waals surface area contributed by atoms with Gasteiger partial charge < -0.3 is 20.1 Å². The predicted octanol–water partition coefficient (Wildman–Crippen LogP) is 0.0561. The second-order valence-corrected chi connectivity index (χ2v) is 9.23. The number of aliphatic hydroxyl groups excluding tert-OH is 1. The van der Waals surface area contributed by atoms with Gasteiger partial charge in [0.05, 0.1) is 23.7 Å². The zero-order valence-corrected chi connectivity index (χ0v) is 16.7. The lowest BCUT2D eigenvalue weighted by Gasteiger charge is -2.29. The molecule has 0 aromatic heterocycles. The zero-order valence-electron chi connectivity index (χ0n) is 15.1. The van der Waals surface area contributed by atoms with Gasteiger partial charge in [-0.05, 0) is 30.7 Å². The summed E-state index contributed by atoms with van der Waals surface area (Å²) in [6, 6.07) is 4.65. The first kappa shape index (κ1) is 20.3. The van der Waals surface area contributed by atoms with E-state index in [4.69, 9.17) is 4.74 Å². The summed E-state index contributed by atoms with van der Waals surface area (Å²) < 4.78 is 33.3. The summed E-state index contributed by atoms with van der Waals surface area (Å²) in [7, 11) is -3.71. The van der Waals surface area contributed by atoms with Gasteiger partial charge in [0.15, 0.2) is 0 Å². The fourth-order valence-corrected chi connectivity index (χ4v) is 5.82. The number of halogens is 1. The summed E-state index contributed by atoms with van der Waals surface area (Å²) in [5, 5.41) is 13.1. The van der Waals surface area contributed by atoms with Gasteiger partial charge in [-0.15, -0.1) is 12.4 Å². The number of fused-ring (bicyclic) bond motifs is 2. The predicted molar refractivity (Wildman–Crippen MR) is 102 cm³/mol. The van der Waals surface area contributed by atoms with Crippen molar-refractivity contribution in [2.75, 3.05) is 50.8 Å². The minimum absolute atomic E-state index is 0. The highest BCUT2D eigenvalue weighted by molar-refractivity contribution is 7.89. The first-order valence-corrected chi connectivity index (χ1v) is 10.2. The van der Waals surface area contributed by atoms with Gasteiger partial charge in [0.2, 0.25) is 15.9 Å². The number of carbonyl (C=O) groups excluding carboxylic acids is 1. The van der Waals surface area contributed by atoms with E-state index in [1.165, 1.54) is 28.3 Å². The lowest BCUT2D eigenvalue weighted by Crippen LogP contribution is -2.38. The highest BCUT2D eigenvalue weighted by atomic mass is 35.5. The molecule has 0 aliphatic carbocycles. The van der Waals surface area contributed by atoms with Crippen LogP contribution >= 0.6 is 12.4 Å². The number of benzene rings is 1. The third kappa shape index (κ3) is 3.21. The molecule has 10 heteroatoms. The lowest BCUT2D eigenvalue weighted by molar-refractivity contribution is -0.116. The van der Waals surface area contributed by atoms with Crippen molar-refractivity contribution >= 4 is 34.0 Å². The number of anilines is 1. The second-order valence-electron chi connectivity index (χ2n) is 7.29. The molecule has 3 aliphatic rings. The standard InChI is InChI=1S/C17H23N3O5S.ClH/c1-12(22)20-4-5-25-16-3-2-14(6-15(16)20)26(23,24)19-8-13-7-18-9-17(13,10-19)11-21;/h2-3,6,13,18,21H,4-5,7-11H2,1H3;1H. The lowest BCUT2D eigenvalue weighted by atomic mass is 9.82. The number of ether oxygens (including phenoxy) is 1. The summed E-state index contributed by atoms with van der Waals surface area (Å²) in [6.07, 6.45) is 0. The van der Waals surface area contributed by atoms with Gasteiger partial charge in [0, 0.05) is 32.0 Å². The Hall–Kier alpha value is -1.39. The maximum Gasteiger partial charge on any atom is 0.243 e. The quantitative estimate of drug-likeness (QED) is 0.721. The van der Waals surface area contributed by atoms with E-state index in [1.54, 1.807) is 6.07 Å². The fourth-order valence-electron chi connectivity index (χ4n) is 4.21. The number of hydrogen-bond donors (Lipinski definition) is 2. The van der Waals surface area contributed by atoms with E-state index in [-0.39, 0.29) is 35.7 Å². The van der Waals surface area contributed by atoms with E-state index in [9.17, 15) is 18.3 Å². The third-order valence-corrected chi connectivity index (χ3v) is 7.58. The third-order valence-electron chi connectivity index (χ3n) is 5.78. The van der Waals surface area contributed by atoms with Gasteiger partial charge in [-0.2, -0.15) is 4.31 Å². The molecule has 2 fully saturated rings. The number of nitrogens with zero attached hydrogens (tertiary/aromatic N) is 2. The number of hydrogen-bond acceptors (Lipinski definition) is 6. The van der Waals surface area contributed by atoms with E-state index in [0.29, 0.717) is 50.8 Å². The fraction of sp³-hybridized carbons (Fsp3) is 0.588. The van der Waals surface area contributed by atoms with Crippen LogP contribution in [0.15, 0.2) is 23.1 Å². The number of carbonyl (C=O) groups is 1. The Kier molecular flexibility index (Phi) is 5.44. The molecule has 0 bridgehead atoms. The minimum Gasteiger partial charge on any atom is -0.490 e. The van der Waals surface area contributed by atoms with Crippen LogP contribution in [-0.2, 0) is 14.8 Å². The summed E-state index contributed by atoms with van der Waals surface area (Å²) in [5.41, 5.74) is 0.0817. The number of nitrogens with one attached hydrogen (secondary N) is 1. The summed E-state index contributed by atoms with van der Waals surface area (Å²) in [5.74, 6) is 0.474. The molecule has 3 aliphatic heterocycles. The van der Waals surface area contributed by atoms with Crippen LogP contribution < -0.4 is 15.0 Å². The van der Waals surface area contributed by atoms with E-state index in [2.05, 4.69) is 5.32 Å². The van der Waals surface area contributed by atoms with Crippen molar-refractivity contribution in [3.05, 3.63) is 18.2 Å². The van der Waals surface area contributed by atoms with Crippen LogP contribution in [0.2, 0.25) is 0 Å². The number of rotatable bonds is 3. The first-order chi connectivity index (χ1) is 12.4. The van der Waals surface area contributed by atoms with E-state index in [1.807, 2.05) is 0 Å². The summed E-state index contributed by atoms with van der Waals surface area (Å²) in [4.78, 5) is 13.6. The van der Waals surface area contributed by atoms with Crippen molar-refractivity contribution in [1.29, 1.82) is 0 Å². The Morgan fingerprint density at radius 3 is 2.89 bits per heavy atom. The molecule has 0 spiro atoms. The molecule has 1 amide bonds. The maximum absolute atomic E-state index is 13.2. The van der Waals surface area contributed by atoms with Gasteiger partial charge >= 0.3 is 0 Å². The molecule has 0 radical (unpaired) electrons. The largest absolute Gasteiger partial charge is 0.490 e. The normalized spacial score (nSPS) is 27.5. The van der Waals surface area contributed by atoms with E-state index >= 15 is 0 Å². The molecule has 1 aromatic carbocycles. The molecule has 8 nitrogen and oxygen atoms in total. The number of sulfonamides is 1. The van der Waals surface area contributed by atoms with Crippen molar-refractivity contribution < 1.29 is 23.1 Å². The van der Waals surface area contributed by atoms with E-state index < -0.39 is 15.4 Å². The molecule has 4 rings (SSSR count). The molecule has 0 saturated carbocycles. The molecule has 27 heavy (non-hydrogen) atoms. The van der Waals surface area contributed by atoms with Crippen LogP contribution in [-0.4, -0.2) is 69.7 Å². The number of aliphatic hydroxyl groups is 1. The first-order valence-electron chi connectivity index (χ1n) is 8.74. The van der Waals surface area contributed by atoms with Gasteiger partial charge in [-0.3, -0.25) is 4.79 Å². The van der Waals surface area contributed by atoms with Crippen LogP contribution in [0, 0.1) is 11.3 Å². The van der Waals surface area contributed by atoms with Crippen molar-refractivity contribution in [2.45, 2.75) is 11.8 Å². The monoisotopic (exact) mass is 417 g/mol. The molecule has 2 unspecified atom stereocenters. The average Bonchev–Trinajstić information content (AvgIpc) is 3.18. The van der Waals surface area contributed by atoms with Gasteiger partial charge in [-0.1, -0.05) is 0 Å². The van der Waals surface area contributed by atoms with Gasteiger partial charge in [0.25, 0.3) is 0 Å². The number of amides is 1.